The van der Waals surface area contributed by atoms with Crippen molar-refractivity contribution in [2.45, 2.75) is 12.7 Å². The predicted octanol–water partition coefficient (Wildman–Crippen LogP) is 3.44. The van der Waals surface area contributed by atoms with E-state index >= 15 is 0 Å². The van der Waals surface area contributed by atoms with Gasteiger partial charge in [-0.1, -0.05) is 23.7 Å². The Morgan fingerprint density at radius 1 is 1.40 bits per heavy atom. The normalized spacial score (nSPS) is 16.6. The van der Waals surface area contributed by atoms with Crippen LogP contribution in [-0.2, 0) is 6.54 Å². The molecule has 2 N–H and O–H groups in total. The van der Waals surface area contributed by atoms with Crippen LogP contribution in [0, 0.1) is 5.82 Å². The van der Waals surface area contributed by atoms with E-state index in [-0.39, 0.29) is 17.9 Å². The van der Waals surface area contributed by atoms with Crippen LogP contribution in [0.5, 0.6) is 0 Å². The van der Waals surface area contributed by atoms with Crippen LogP contribution >= 0.6 is 22.9 Å². The number of carbonyl (C=O) groups excluding carboxylic acids is 1. The molecule has 0 unspecified atom stereocenters. The van der Waals surface area contributed by atoms with Crippen LogP contribution < -0.4 is 10.6 Å². The molecule has 0 fully saturated rings. The molecule has 1 aliphatic heterocycles. The Morgan fingerprint density at radius 2 is 2.28 bits per heavy atom. The van der Waals surface area contributed by atoms with E-state index in [1.807, 2.05) is 17.5 Å². The number of thiophene rings is 1. The average Bonchev–Trinajstić information content (AvgIpc) is 3.25. The summed E-state index contributed by atoms with van der Waals surface area (Å²) in [5.41, 5.74) is 2.07. The molecule has 1 aliphatic rings. The van der Waals surface area contributed by atoms with Crippen molar-refractivity contribution >= 4 is 28.8 Å². The lowest BCUT2D eigenvalue weighted by Crippen LogP contribution is -2.45. The third kappa shape index (κ3) is 3.18. The summed E-state index contributed by atoms with van der Waals surface area (Å²) >= 11 is 7.65. The number of benzene rings is 1. The molecule has 1 aromatic carbocycles. The van der Waals surface area contributed by atoms with Gasteiger partial charge in [0.25, 0.3) is 5.91 Å². The maximum atomic E-state index is 13.2. The summed E-state index contributed by atoms with van der Waals surface area (Å²) in [7, 11) is 0. The van der Waals surface area contributed by atoms with Gasteiger partial charge in [0.1, 0.15) is 23.4 Å². The van der Waals surface area contributed by atoms with Crippen LogP contribution in [0.2, 0.25) is 5.02 Å². The molecule has 3 aromatic rings. The summed E-state index contributed by atoms with van der Waals surface area (Å²) in [5, 5.41) is 13.1. The van der Waals surface area contributed by atoms with Crippen LogP contribution in [-0.4, -0.2) is 22.2 Å². The number of halogens is 2. The van der Waals surface area contributed by atoms with Gasteiger partial charge in [0.05, 0.1) is 11.4 Å². The Hall–Kier alpha value is -2.22. The highest BCUT2D eigenvalue weighted by Crippen LogP contribution is 2.26. The van der Waals surface area contributed by atoms with Crippen molar-refractivity contribution in [1.82, 2.24) is 20.4 Å². The topological polar surface area (TPSA) is 59.0 Å². The van der Waals surface area contributed by atoms with Crippen molar-refractivity contribution in [2.75, 3.05) is 6.54 Å². The smallest absolute Gasteiger partial charge is 0.269 e. The number of fused-ring (bicyclic) bond motifs is 1. The van der Waals surface area contributed by atoms with Crippen molar-refractivity contribution in [3.8, 4) is 10.6 Å². The molecule has 0 spiro atoms. The van der Waals surface area contributed by atoms with Crippen molar-refractivity contribution in [2.24, 2.45) is 0 Å². The van der Waals surface area contributed by atoms with Gasteiger partial charge in [0.15, 0.2) is 0 Å². The second-order valence-electron chi connectivity index (χ2n) is 5.68. The second kappa shape index (κ2) is 6.59. The highest BCUT2D eigenvalue weighted by molar-refractivity contribution is 7.13. The molecule has 0 saturated heterocycles. The van der Waals surface area contributed by atoms with E-state index in [1.54, 1.807) is 28.2 Å². The lowest BCUT2D eigenvalue weighted by atomic mass is 10.2. The van der Waals surface area contributed by atoms with Gasteiger partial charge in [-0.25, -0.2) is 9.07 Å². The van der Waals surface area contributed by atoms with Gasteiger partial charge in [-0.15, -0.1) is 11.3 Å². The van der Waals surface area contributed by atoms with Gasteiger partial charge in [-0.3, -0.25) is 10.1 Å². The average molecular weight is 377 g/mol. The Morgan fingerprint density at radius 3 is 3.04 bits per heavy atom. The van der Waals surface area contributed by atoms with Crippen LogP contribution in [0.15, 0.2) is 41.8 Å². The van der Waals surface area contributed by atoms with Gasteiger partial charge >= 0.3 is 0 Å². The fraction of sp³-hybridized carbons (Fsp3) is 0.176. The molecule has 0 saturated carbocycles. The fourth-order valence-corrected chi connectivity index (χ4v) is 3.68. The van der Waals surface area contributed by atoms with E-state index in [0.29, 0.717) is 23.8 Å². The first kappa shape index (κ1) is 16.3. The van der Waals surface area contributed by atoms with Crippen molar-refractivity contribution in [1.29, 1.82) is 0 Å². The zero-order chi connectivity index (χ0) is 17.4. The SMILES string of the molecule is O=C1NC[C@H](NCc2ccc(F)cc2Cl)n2nc(-c3cccs3)cc21. The Bertz CT molecular complexity index is 925. The van der Waals surface area contributed by atoms with E-state index in [9.17, 15) is 9.18 Å². The first-order chi connectivity index (χ1) is 12.1. The molecule has 5 nitrogen and oxygen atoms in total. The van der Waals surface area contributed by atoms with E-state index in [2.05, 4.69) is 15.7 Å². The summed E-state index contributed by atoms with van der Waals surface area (Å²) in [6, 6.07) is 10.0. The zero-order valence-corrected chi connectivity index (χ0v) is 14.6. The summed E-state index contributed by atoms with van der Waals surface area (Å²) in [6.07, 6.45) is -0.206. The number of carbonyl (C=O) groups is 1. The molecule has 0 aliphatic carbocycles. The number of rotatable bonds is 4. The number of amides is 1. The van der Waals surface area contributed by atoms with Crippen molar-refractivity contribution < 1.29 is 9.18 Å². The quantitative estimate of drug-likeness (QED) is 0.733. The van der Waals surface area contributed by atoms with E-state index in [0.717, 1.165) is 16.1 Å². The van der Waals surface area contributed by atoms with E-state index in [4.69, 9.17) is 11.6 Å². The van der Waals surface area contributed by atoms with Gasteiger partial charge in [0.2, 0.25) is 0 Å². The molecular formula is C17H14ClFN4OS. The molecule has 4 rings (SSSR count). The van der Waals surface area contributed by atoms with Crippen LogP contribution in [0.25, 0.3) is 10.6 Å². The molecule has 1 atom stereocenters. The van der Waals surface area contributed by atoms with E-state index in [1.165, 1.54) is 12.1 Å². The van der Waals surface area contributed by atoms with Crippen LogP contribution in [0.4, 0.5) is 4.39 Å². The standard InChI is InChI=1S/C17H14ClFN4OS/c18-12-6-11(19)4-3-10(12)8-20-16-9-21-17(24)14-7-13(22-23(14)16)15-2-1-5-25-15/h1-7,16,20H,8-9H2,(H,21,24)/t16-/m1/s1. The number of nitrogens with zero attached hydrogens (tertiary/aromatic N) is 2. The minimum atomic E-state index is -0.367. The Kier molecular flexibility index (Phi) is 4.29. The predicted molar refractivity (Wildman–Crippen MR) is 95.2 cm³/mol. The minimum Gasteiger partial charge on any atom is -0.347 e. The molecule has 1 amide bonds. The van der Waals surface area contributed by atoms with Gasteiger partial charge in [0, 0.05) is 11.6 Å². The minimum absolute atomic E-state index is 0.145. The molecule has 0 radical (unpaired) electrons. The lowest BCUT2D eigenvalue weighted by molar-refractivity contribution is 0.0900. The number of aromatic nitrogens is 2. The zero-order valence-electron chi connectivity index (χ0n) is 13.0. The van der Waals surface area contributed by atoms with Gasteiger partial charge in [-0.2, -0.15) is 5.10 Å². The third-order valence-electron chi connectivity index (χ3n) is 4.04. The second-order valence-corrected chi connectivity index (χ2v) is 7.03. The summed E-state index contributed by atoms with van der Waals surface area (Å²) in [4.78, 5) is 13.1. The lowest BCUT2D eigenvalue weighted by Gasteiger charge is -2.26. The molecule has 25 heavy (non-hydrogen) atoms. The fourth-order valence-electron chi connectivity index (χ4n) is 2.76. The molecule has 8 heteroatoms. The number of hydrogen-bond acceptors (Lipinski definition) is 4. The monoisotopic (exact) mass is 376 g/mol. The molecule has 3 heterocycles. The molecule has 0 bridgehead atoms. The first-order valence-electron chi connectivity index (χ1n) is 7.71. The highest BCUT2D eigenvalue weighted by atomic mass is 35.5. The van der Waals surface area contributed by atoms with E-state index < -0.39 is 0 Å². The molecule has 128 valence electrons. The maximum absolute atomic E-state index is 13.2. The van der Waals surface area contributed by atoms with Crippen molar-refractivity contribution in [3.05, 3.63) is 63.9 Å². The van der Waals surface area contributed by atoms with Crippen LogP contribution in [0.1, 0.15) is 22.2 Å². The molecular weight excluding hydrogens is 363 g/mol. The first-order valence-corrected chi connectivity index (χ1v) is 8.96. The number of hydrogen-bond donors (Lipinski definition) is 2. The summed E-state index contributed by atoms with van der Waals surface area (Å²) in [6.45, 7) is 0.851. The van der Waals surface area contributed by atoms with Crippen molar-refractivity contribution in [3.63, 3.8) is 0 Å². The Labute approximate surface area is 152 Å². The maximum Gasteiger partial charge on any atom is 0.269 e. The van der Waals surface area contributed by atoms with Gasteiger partial charge in [-0.05, 0) is 35.2 Å². The summed E-state index contributed by atoms with van der Waals surface area (Å²) in [5.74, 6) is -0.512. The Balaban J connectivity index is 1.58. The van der Waals surface area contributed by atoms with Crippen LogP contribution in [0.3, 0.4) is 0 Å². The number of nitrogens with one attached hydrogen (secondary N) is 2. The molecule has 2 aromatic heterocycles. The highest BCUT2D eigenvalue weighted by Gasteiger charge is 2.27. The largest absolute Gasteiger partial charge is 0.347 e. The summed E-state index contributed by atoms with van der Waals surface area (Å²) < 4.78 is 14.9. The van der Waals surface area contributed by atoms with Gasteiger partial charge < -0.3 is 5.32 Å². The third-order valence-corrected chi connectivity index (χ3v) is 5.28.